The average molecular weight is 826 g/mol. The van der Waals surface area contributed by atoms with Crippen molar-refractivity contribution in [2.45, 2.75) is 0 Å². The molecule has 5 heteroatoms. The summed E-state index contributed by atoms with van der Waals surface area (Å²) in [5.41, 5.74) is 16.2. The van der Waals surface area contributed by atoms with Gasteiger partial charge in [-0.2, -0.15) is 5.26 Å². The minimum Gasteiger partial charge on any atom is -0.309 e. The second kappa shape index (κ2) is 14.6. The van der Waals surface area contributed by atoms with E-state index in [4.69, 9.17) is 15.0 Å². The first-order valence-electron chi connectivity index (χ1n) is 21.8. The molecule has 65 heavy (non-hydrogen) atoms. The van der Waals surface area contributed by atoms with Gasteiger partial charge in [-0.25, -0.2) is 15.0 Å². The Morgan fingerprint density at radius 2 is 0.738 bits per heavy atom. The Kier molecular flexibility index (Phi) is 8.21. The molecule has 1 aliphatic carbocycles. The van der Waals surface area contributed by atoms with Crippen molar-refractivity contribution in [1.29, 1.82) is 5.26 Å². The molecular weight excluding hydrogens is 791 g/mol. The molecule has 13 rings (SSSR count). The van der Waals surface area contributed by atoms with Gasteiger partial charge in [-0.3, -0.25) is 0 Å². The largest absolute Gasteiger partial charge is 0.309 e. The van der Waals surface area contributed by atoms with Crippen LogP contribution >= 0.6 is 0 Å². The Bertz CT molecular complexity index is 3850. The molecule has 5 nitrogen and oxygen atoms in total. The summed E-state index contributed by atoms with van der Waals surface area (Å²) in [4.78, 5) is 15.6. The van der Waals surface area contributed by atoms with E-state index in [1.807, 2.05) is 30.3 Å². The topological polar surface area (TPSA) is 67.4 Å². The highest BCUT2D eigenvalue weighted by molar-refractivity contribution is 6.24. The smallest absolute Gasteiger partial charge is 0.164 e. The summed E-state index contributed by atoms with van der Waals surface area (Å²) < 4.78 is 2.32. The summed E-state index contributed by atoms with van der Waals surface area (Å²) in [7, 11) is 0. The van der Waals surface area contributed by atoms with Gasteiger partial charge in [0.15, 0.2) is 17.5 Å². The van der Waals surface area contributed by atoms with E-state index < -0.39 is 0 Å². The van der Waals surface area contributed by atoms with Gasteiger partial charge in [-0.15, -0.1) is 0 Å². The third-order valence-corrected chi connectivity index (χ3v) is 13.1. The van der Waals surface area contributed by atoms with Crippen LogP contribution in [0.2, 0.25) is 0 Å². The molecule has 0 saturated heterocycles. The lowest BCUT2D eigenvalue weighted by Gasteiger charge is -2.17. The quantitative estimate of drug-likeness (QED) is 0.167. The van der Waals surface area contributed by atoms with Crippen LogP contribution < -0.4 is 0 Å². The van der Waals surface area contributed by atoms with E-state index >= 15 is 0 Å². The van der Waals surface area contributed by atoms with Crippen LogP contribution in [0.4, 0.5) is 0 Å². The summed E-state index contributed by atoms with van der Waals surface area (Å²) in [5.74, 6) is 1.83. The molecule has 0 fully saturated rings. The fourth-order valence-electron chi connectivity index (χ4n) is 10.1. The molecule has 0 bridgehead atoms. The number of fused-ring (bicyclic) bond motifs is 7. The van der Waals surface area contributed by atoms with Gasteiger partial charge in [-0.05, 0) is 121 Å². The van der Waals surface area contributed by atoms with Crippen LogP contribution in [0.5, 0.6) is 0 Å². The van der Waals surface area contributed by atoms with Gasteiger partial charge in [0.05, 0.1) is 22.7 Å². The van der Waals surface area contributed by atoms with E-state index in [-0.39, 0.29) is 0 Å². The summed E-state index contributed by atoms with van der Waals surface area (Å²) >= 11 is 0. The van der Waals surface area contributed by atoms with E-state index in [2.05, 4.69) is 193 Å². The fourth-order valence-corrected chi connectivity index (χ4v) is 10.1. The van der Waals surface area contributed by atoms with Gasteiger partial charge >= 0.3 is 0 Å². The molecule has 0 unspecified atom stereocenters. The van der Waals surface area contributed by atoms with Crippen LogP contribution in [0, 0.1) is 11.3 Å². The molecule has 0 amide bonds. The Balaban J connectivity index is 0.986. The van der Waals surface area contributed by atoms with E-state index in [0.29, 0.717) is 23.0 Å². The normalized spacial score (nSPS) is 11.7. The highest BCUT2D eigenvalue weighted by atomic mass is 15.0. The summed E-state index contributed by atoms with van der Waals surface area (Å²) in [5, 5.41) is 16.7. The molecule has 0 spiro atoms. The van der Waals surface area contributed by atoms with Gasteiger partial charge < -0.3 is 4.57 Å². The van der Waals surface area contributed by atoms with E-state index in [1.165, 1.54) is 54.8 Å². The van der Waals surface area contributed by atoms with Gasteiger partial charge in [0.25, 0.3) is 0 Å². The molecule has 300 valence electrons. The van der Waals surface area contributed by atoms with Crippen LogP contribution in [0.15, 0.2) is 212 Å². The number of hydrogen-bond acceptors (Lipinski definition) is 4. The van der Waals surface area contributed by atoms with Crippen molar-refractivity contribution in [3.63, 3.8) is 0 Å². The van der Waals surface area contributed by atoms with Crippen LogP contribution in [0.25, 0.3) is 128 Å². The van der Waals surface area contributed by atoms with Crippen LogP contribution in [-0.4, -0.2) is 19.5 Å². The lowest BCUT2D eigenvalue weighted by molar-refractivity contribution is 1.07. The fraction of sp³-hybridized carbons (Fsp3) is 0. The molecule has 1 aliphatic rings. The number of aromatic nitrogens is 4. The van der Waals surface area contributed by atoms with E-state index in [1.54, 1.807) is 0 Å². The molecule has 0 saturated carbocycles. The predicted molar refractivity (Wildman–Crippen MR) is 266 cm³/mol. The number of nitriles is 1. The molecule has 0 aliphatic heterocycles. The third kappa shape index (κ3) is 5.75. The highest BCUT2D eigenvalue weighted by Crippen LogP contribution is 2.52. The lowest BCUT2D eigenvalue weighted by atomic mass is 9.86. The number of nitrogens with zero attached hydrogens (tertiary/aromatic N) is 5. The number of hydrogen-bond donors (Lipinski definition) is 0. The molecule has 2 aromatic heterocycles. The minimum absolute atomic E-state index is 0.606. The highest BCUT2D eigenvalue weighted by Gasteiger charge is 2.26. The first-order chi connectivity index (χ1) is 32.2. The van der Waals surface area contributed by atoms with Crippen molar-refractivity contribution in [2.75, 3.05) is 0 Å². The Hall–Kier alpha value is -8.98. The van der Waals surface area contributed by atoms with Crippen molar-refractivity contribution in [3.05, 3.63) is 218 Å². The van der Waals surface area contributed by atoms with Crippen LogP contribution in [0.1, 0.15) is 5.56 Å². The Labute approximate surface area is 374 Å². The first-order valence-corrected chi connectivity index (χ1v) is 21.8. The van der Waals surface area contributed by atoms with Gasteiger partial charge in [0, 0.05) is 33.2 Å². The molecule has 10 aromatic carbocycles. The monoisotopic (exact) mass is 825 g/mol. The number of para-hydroxylation sites is 2. The third-order valence-electron chi connectivity index (χ3n) is 13.1. The number of benzene rings is 10. The van der Waals surface area contributed by atoms with E-state index in [9.17, 15) is 5.26 Å². The predicted octanol–water partition coefficient (Wildman–Crippen LogP) is 15.1. The summed E-state index contributed by atoms with van der Waals surface area (Å²) in [6, 6.07) is 76.9. The second-order valence-corrected chi connectivity index (χ2v) is 16.6. The summed E-state index contributed by atoms with van der Waals surface area (Å²) in [6.45, 7) is 0. The van der Waals surface area contributed by atoms with Crippen LogP contribution in [-0.2, 0) is 0 Å². The van der Waals surface area contributed by atoms with Crippen molar-refractivity contribution in [1.82, 2.24) is 19.5 Å². The van der Waals surface area contributed by atoms with Crippen molar-refractivity contribution in [2.24, 2.45) is 0 Å². The van der Waals surface area contributed by atoms with Crippen molar-refractivity contribution >= 4 is 43.4 Å². The van der Waals surface area contributed by atoms with Gasteiger partial charge in [-0.1, -0.05) is 158 Å². The molecule has 2 heterocycles. The van der Waals surface area contributed by atoms with Crippen LogP contribution in [0.3, 0.4) is 0 Å². The Morgan fingerprint density at radius 1 is 0.308 bits per heavy atom. The molecule has 0 atom stereocenters. The van der Waals surface area contributed by atoms with Gasteiger partial charge in [0.2, 0.25) is 0 Å². The molecule has 12 aromatic rings. The summed E-state index contributed by atoms with van der Waals surface area (Å²) in [6.07, 6.45) is 0. The molecule has 0 N–H and O–H groups in total. The standard InChI is InChI=1S/C60H35N5/c61-36-37-22-24-38(25-23-37)42-30-32-50-44-15-5-6-16-45(44)51-33-34-52(56(42)57(50)51)47-31-35-53(46-17-7-4-14-43(46)47)60-63-58(39-12-2-1-3-13-39)62-59(64-60)40-26-28-41(29-27-40)65-54-20-10-8-18-48(54)49-19-9-11-21-55(49)65/h1-35H. The maximum Gasteiger partial charge on any atom is 0.164 e. The zero-order valence-corrected chi connectivity index (χ0v) is 34.9. The van der Waals surface area contributed by atoms with Crippen molar-refractivity contribution < 1.29 is 0 Å². The Morgan fingerprint density at radius 3 is 1.35 bits per heavy atom. The van der Waals surface area contributed by atoms with Crippen molar-refractivity contribution in [3.8, 4) is 90.4 Å². The van der Waals surface area contributed by atoms with E-state index in [0.717, 1.165) is 55.4 Å². The molecular formula is C60H35N5. The zero-order valence-electron chi connectivity index (χ0n) is 34.9. The maximum atomic E-state index is 9.63. The molecule has 0 radical (unpaired) electrons. The first kappa shape index (κ1) is 36.7. The second-order valence-electron chi connectivity index (χ2n) is 16.6. The lowest BCUT2D eigenvalue weighted by Crippen LogP contribution is -2.01. The van der Waals surface area contributed by atoms with Gasteiger partial charge in [0.1, 0.15) is 0 Å². The maximum absolute atomic E-state index is 9.63. The number of rotatable bonds is 6. The zero-order chi connectivity index (χ0) is 43.0. The average Bonchev–Trinajstić information content (AvgIpc) is 3.90. The SMILES string of the molecule is N#Cc1ccc(-c2ccc3c4c(ccc(-c5ccc(-c6nc(-c7ccccc7)nc(-c7ccc(-n8c9ccccc9c9ccccc98)cc7)n6)c6ccccc56)c24)-c2ccccc2-3)cc1. The minimum atomic E-state index is 0.606.